The highest BCUT2D eigenvalue weighted by atomic mass is 32.1. The molecule has 0 saturated carbocycles. The van der Waals surface area contributed by atoms with Crippen LogP contribution in [0.2, 0.25) is 0 Å². The van der Waals surface area contributed by atoms with Crippen LogP contribution in [0.5, 0.6) is 0 Å². The molecule has 0 fully saturated rings. The number of aryl methyl sites for hydroxylation is 1. The van der Waals surface area contributed by atoms with Crippen molar-refractivity contribution in [2.45, 2.75) is 20.3 Å². The number of nitrogens with one attached hydrogen (secondary N) is 1. The summed E-state index contributed by atoms with van der Waals surface area (Å²) in [6.45, 7) is 4.70. The molecule has 0 aliphatic rings. The molecule has 0 radical (unpaired) electrons. The summed E-state index contributed by atoms with van der Waals surface area (Å²) in [5.41, 5.74) is 4.39. The van der Waals surface area contributed by atoms with Crippen molar-refractivity contribution < 1.29 is 4.79 Å². The first kappa shape index (κ1) is 15.5. The second kappa shape index (κ2) is 6.79. The third kappa shape index (κ3) is 3.35. The van der Waals surface area contributed by atoms with Crippen LogP contribution in [0.4, 0.5) is 0 Å². The molecule has 5 heteroatoms. The van der Waals surface area contributed by atoms with Crippen molar-refractivity contribution in [2.75, 3.05) is 6.54 Å². The zero-order valence-corrected chi connectivity index (χ0v) is 14.1. The van der Waals surface area contributed by atoms with Crippen molar-refractivity contribution in [1.29, 1.82) is 0 Å². The number of amides is 1. The maximum atomic E-state index is 12.0. The van der Waals surface area contributed by atoms with Gasteiger partial charge in [-0.2, -0.15) is 5.10 Å². The summed E-state index contributed by atoms with van der Waals surface area (Å²) in [6.07, 6.45) is 0.779. The Morgan fingerprint density at radius 1 is 1.17 bits per heavy atom. The van der Waals surface area contributed by atoms with E-state index in [2.05, 4.69) is 17.3 Å². The number of carbonyl (C=O) groups excluding carboxylic acids is 1. The fourth-order valence-corrected chi connectivity index (χ4v) is 3.29. The number of benzene rings is 1. The average Bonchev–Trinajstić information content (AvgIpc) is 3.19. The van der Waals surface area contributed by atoms with Crippen LogP contribution in [-0.4, -0.2) is 22.2 Å². The summed E-state index contributed by atoms with van der Waals surface area (Å²) in [5, 5.41) is 9.52. The average molecular weight is 325 g/mol. The molecule has 1 amide bonds. The third-order valence-corrected chi connectivity index (χ3v) is 4.72. The third-order valence-electron chi connectivity index (χ3n) is 3.85. The first-order valence-corrected chi connectivity index (χ1v) is 8.47. The van der Waals surface area contributed by atoms with Crippen molar-refractivity contribution in [3.05, 3.63) is 69.7 Å². The Morgan fingerprint density at radius 3 is 2.65 bits per heavy atom. The quantitative estimate of drug-likeness (QED) is 0.780. The molecule has 1 aromatic carbocycles. The fraction of sp³-hybridized carbons (Fsp3) is 0.222. The molecule has 118 valence electrons. The zero-order chi connectivity index (χ0) is 16.2. The number of hydrogen-bond donors (Lipinski definition) is 1. The lowest BCUT2D eigenvalue weighted by Gasteiger charge is -2.06. The van der Waals surface area contributed by atoms with Gasteiger partial charge in [-0.25, -0.2) is 4.68 Å². The van der Waals surface area contributed by atoms with Crippen molar-refractivity contribution in [3.63, 3.8) is 0 Å². The summed E-state index contributed by atoms with van der Waals surface area (Å²) in [7, 11) is 0. The molecular weight excluding hydrogens is 306 g/mol. The number of carbonyl (C=O) groups is 1. The highest BCUT2D eigenvalue weighted by Crippen LogP contribution is 2.18. The minimum Gasteiger partial charge on any atom is -0.351 e. The monoisotopic (exact) mass is 325 g/mol. The molecule has 0 saturated heterocycles. The second-order valence-electron chi connectivity index (χ2n) is 5.38. The van der Waals surface area contributed by atoms with E-state index >= 15 is 0 Å². The summed E-state index contributed by atoms with van der Waals surface area (Å²) >= 11 is 1.46. The minimum absolute atomic E-state index is 0.00856. The molecule has 2 aromatic heterocycles. The van der Waals surface area contributed by atoms with Gasteiger partial charge < -0.3 is 5.32 Å². The Labute approximate surface area is 139 Å². The molecule has 0 unspecified atom stereocenters. The van der Waals surface area contributed by atoms with Crippen molar-refractivity contribution in [2.24, 2.45) is 0 Å². The van der Waals surface area contributed by atoms with Crippen LogP contribution in [-0.2, 0) is 6.42 Å². The lowest BCUT2D eigenvalue weighted by molar-refractivity contribution is 0.0958. The van der Waals surface area contributed by atoms with Crippen LogP contribution in [0, 0.1) is 13.8 Å². The summed E-state index contributed by atoms with van der Waals surface area (Å²) < 4.78 is 1.96. The Hall–Kier alpha value is -2.40. The Bertz CT molecular complexity index is 791. The Morgan fingerprint density at radius 2 is 1.96 bits per heavy atom. The van der Waals surface area contributed by atoms with Gasteiger partial charge in [0.2, 0.25) is 0 Å². The van der Waals surface area contributed by atoms with Crippen LogP contribution in [0.1, 0.15) is 26.6 Å². The maximum Gasteiger partial charge on any atom is 0.261 e. The summed E-state index contributed by atoms with van der Waals surface area (Å²) in [4.78, 5) is 12.7. The standard InChI is InChI=1S/C18H19N3OS/c1-13-16(10-11-19-18(22)17-9-6-12-23-17)14(2)21(20-13)15-7-4-3-5-8-15/h3-9,12H,10-11H2,1-2H3,(H,19,22). The lowest BCUT2D eigenvalue weighted by atomic mass is 10.1. The molecule has 0 aliphatic carbocycles. The number of nitrogens with zero attached hydrogens (tertiary/aromatic N) is 2. The lowest BCUT2D eigenvalue weighted by Crippen LogP contribution is -2.25. The van der Waals surface area contributed by atoms with Crippen LogP contribution in [0.25, 0.3) is 5.69 Å². The van der Waals surface area contributed by atoms with Gasteiger partial charge in [0.05, 0.1) is 16.3 Å². The largest absolute Gasteiger partial charge is 0.351 e. The fourth-order valence-electron chi connectivity index (χ4n) is 2.65. The molecule has 3 aromatic rings. The van der Waals surface area contributed by atoms with Crippen LogP contribution in [0.15, 0.2) is 47.8 Å². The van der Waals surface area contributed by atoms with Gasteiger partial charge in [0.25, 0.3) is 5.91 Å². The molecule has 0 bridgehead atoms. The number of para-hydroxylation sites is 1. The number of rotatable bonds is 5. The molecule has 2 heterocycles. The van der Waals surface area contributed by atoms with Gasteiger partial charge in [-0.3, -0.25) is 4.79 Å². The molecule has 3 rings (SSSR count). The summed E-state index contributed by atoms with van der Waals surface area (Å²) in [6, 6.07) is 13.8. The molecular formula is C18H19N3OS. The van der Waals surface area contributed by atoms with Crippen LogP contribution >= 0.6 is 11.3 Å². The van der Waals surface area contributed by atoms with E-state index in [4.69, 9.17) is 0 Å². The Kier molecular flexibility index (Phi) is 4.57. The molecule has 0 aliphatic heterocycles. The predicted molar refractivity (Wildman–Crippen MR) is 93.4 cm³/mol. The first-order valence-electron chi connectivity index (χ1n) is 7.59. The maximum absolute atomic E-state index is 12.0. The van der Waals surface area contributed by atoms with E-state index < -0.39 is 0 Å². The molecule has 0 atom stereocenters. The normalized spacial score (nSPS) is 10.7. The van der Waals surface area contributed by atoms with Crippen molar-refractivity contribution >= 4 is 17.2 Å². The van der Waals surface area contributed by atoms with Gasteiger partial charge in [-0.15, -0.1) is 11.3 Å². The SMILES string of the molecule is Cc1nn(-c2ccccc2)c(C)c1CCNC(=O)c1cccs1. The minimum atomic E-state index is -0.00856. The van der Waals surface area contributed by atoms with Crippen LogP contribution < -0.4 is 5.32 Å². The smallest absolute Gasteiger partial charge is 0.261 e. The van der Waals surface area contributed by atoms with E-state index in [1.165, 1.54) is 16.9 Å². The van der Waals surface area contributed by atoms with Crippen LogP contribution in [0.3, 0.4) is 0 Å². The van der Waals surface area contributed by atoms with E-state index in [0.29, 0.717) is 6.54 Å². The number of hydrogen-bond acceptors (Lipinski definition) is 3. The zero-order valence-electron chi connectivity index (χ0n) is 13.2. The van der Waals surface area contributed by atoms with Gasteiger partial charge in [-0.1, -0.05) is 24.3 Å². The van der Waals surface area contributed by atoms with Gasteiger partial charge in [0.1, 0.15) is 0 Å². The highest BCUT2D eigenvalue weighted by Gasteiger charge is 2.13. The van der Waals surface area contributed by atoms with E-state index in [0.717, 1.165) is 28.4 Å². The highest BCUT2D eigenvalue weighted by molar-refractivity contribution is 7.12. The molecule has 1 N–H and O–H groups in total. The number of thiophene rings is 1. The van der Waals surface area contributed by atoms with E-state index in [9.17, 15) is 4.79 Å². The van der Waals surface area contributed by atoms with E-state index in [-0.39, 0.29) is 5.91 Å². The first-order chi connectivity index (χ1) is 11.2. The Balaban J connectivity index is 1.69. The predicted octanol–water partition coefficient (Wildman–Crippen LogP) is 3.52. The van der Waals surface area contributed by atoms with Gasteiger partial charge in [-0.05, 0) is 49.4 Å². The molecule has 4 nitrogen and oxygen atoms in total. The van der Waals surface area contributed by atoms with Gasteiger partial charge in [0, 0.05) is 12.2 Å². The molecule has 0 spiro atoms. The van der Waals surface area contributed by atoms with E-state index in [1.807, 2.05) is 59.5 Å². The topological polar surface area (TPSA) is 46.9 Å². The van der Waals surface area contributed by atoms with Crippen molar-refractivity contribution in [1.82, 2.24) is 15.1 Å². The van der Waals surface area contributed by atoms with Gasteiger partial charge in [0.15, 0.2) is 0 Å². The second-order valence-corrected chi connectivity index (χ2v) is 6.33. The summed E-state index contributed by atoms with van der Waals surface area (Å²) in [5.74, 6) is -0.00856. The van der Waals surface area contributed by atoms with Gasteiger partial charge >= 0.3 is 0 Å². The van der Waals surface area contributed by atoms with Crippen molar-refractivity contribution in [3.8, 4) is 5.69 Å². The molecule has 23 heavy (non-hydrogen) atoms. The number of aromatic nitrogens is 2. The van der Waals surface area contributed by atoms with E-state index in [1.54, 1.807) is 0 Å².